The Morgan fingerprint density at radius 2 is 1.00 bits per heavy atom. The standard InChI is InChI=1S/C46H37B/c1-28(2)33-24-22-32-23-25-37-38(29(3)4)26-39-36-18-11-12-21-41(36)47(42-27-40(33)43(32)45(37)44(39)42)46-34(30-14-7-5-8-15-30)19-13-20-35(46)31-16-9-6-10-17-31/h5-29H,1-4H3. The van der Waals surface area contributed by atoms with E-state index in [1.54, 1.807) is 0 Å². The SMILES string of the molecule is CC(C)c1ccc2ccc3c(C(C)C)cc4c5c(cc1c2c35)B(c1c(-c2ccccc2)cccc1-c1ccccc1)c1ccccc1-4. The molecule has 0 atom stereocenters. The van der Waals surface area contributed by atoms with Crippen molar-refractivity contribution in [1.29, 1.82) is 0 Å². The fraction of sp³-hybridized carbons (Fsp3) is 0.130. The molecule has 0 bridgehead atoms. The molecule has 1 aliphatic heterocycles. The van der Waals surface area contributed by atoms with Crippen LogP contribution >= 0.6 is 0 Å². The molecule has 9 rings (SSSR count). The second-order valence-corrected chi connectivity index (χ2v) is 14.0. The van der Waals surface area contributed by atoms with Gasteiger partial charge in [-0.05, 0) is 94.7 Å². The lowest BCUT2D eigenvalue weighted by Gasteiger charge is -2.33. The molecule has 8 aromatic rings. The molecule has 0 spiro atoms. The molecular formula is C46H37B. The van der Waals surface area contributed by atoms with Crippen LogP contribution in [0.1, 0.15) is 50.7 Å². The maximum Gasteiger partial charge on any atom is 0.244 e. The molecule has 1 heterocycles. The first-order chi connectivity index (χ1) is 23.0. The molecule has 0 amide bonds. The van der Waals surface area contributed by atoms with E-state index in [4.69, 9.17) is 0 Å². The Bertz CT molecular complexity index is 2390. The van der Waals surface area contributed by atoms with E-state index in [2.05, 4.69) is 167 Å². The van der Waals surface area contributed by atoms with Gasteiger partial charge in [-0.25, -0.2) is 0 Å². The molecule has 1 heteroatoms. The number of hydrogen-bond donors (Lipinski definition) is 0. The average Bonchev–Trinajstić information content (AvgIpc) is 3.11. The predicted octanol–water partition coefficient (Wildman–Crippen LogP) is 10.7. The van der Waals surface area contributed by atoms with Crippen molar-refractivity contribution in [3.8, 4) is 33.4 Å². The molecule has 0 fully saturated rings. The highest BCUT2D eigenvalue weighted by Crippen LogP contribution is 2.45. The van der Waals surface area contributed by atoms with Gasteiger partial charge in [0.05, 0.1) is 0 Å². The zero-order chi connectivity index (χ0) is 31.8. The summed E-state index contributed by atoms with van der Waals surface area (Å²) >= 11 is 0. The molecular weight excluding hydrogens is 563 g/mol. The second kappa shape index (κ2) is 10.7. The Balaban J connectivity index is 1.52. The minimum Gasteiger partial charge on any atom is -0.0664 e. The fourth-order valence-electron chi connectivity index (χ4n) is 8.59. The molecule has 0 unspecified atom stereocenters. The fourth-order valence-corrected chi connectivity index (χ4v) is 8.59. The van der Waals surface area contributed by atoms with Gasteiger partial charge in [-0.1, -0.05) is 178 Å². The summed E-state index contributed by atoms with van der Waals surface area (Å²) < 4.78 is 0. The highest BCUT2D eigenvalue weighted by Gasteiger charge is 2.37. The van der Waals surface area contributed by atoms with E-state index < -0.39 is 0 Å². The molecule has 0 N–H and O–H groups in total. The molecule has 0 saturated carbocycles. The zero-order valence-corrected chi connectivity index (χ0v) is 27.5. The van der Waals surface area contributed by atoms with Crippen molar-refractivity contribution in [2.75, 3.05) is 0 Å². The van der Waals surface area contributed by atoms with Gasteiger partial charge >= 0.3 is 0 Å². The Kier molecular flexibility index (Phi) is 6.41. The van der Waals surface area contributed by atoms with Crippen LogP contribution in [-0.2, 0) is 0 Å². The highest BCUT2D eigenvalue weighted by molar-refractivity contribution is 7.00. The molecule has 0 aromatic heterocycles. The van der Waals surface area contributed by atoms with Crippen LogP contribution in [0.2, 0.25) is 0 Å². The van der Waals surface area contributed by atoms with Crippen molar-refractivity contribution in [2.45, 2.75) is 39.5 Å². The third-order valence-corrected chi connectivity index (χ3v) is 10.7. The van der Waals surface area contributed by atoms with Crippen molar-refractivity contribution in [1.82, 2.24) is 0 Å². The van der Waals surface area contributed by atoms with Gasteiger partial charge in [0.1, 0.15) is 0 Å². The molecule has 224 valence electrons. The van der Waals surface area contributed by atoms with Crippen LogP contribution in [0.5, 0.6) is 0 Å². The number of hydrogen-bond acceptors (Lipinski definition) is 0. The van der Waals surface area contributed by atoms with Crippen LogP contribution in [-0.4, -0.2) is 6.71 Å². The van der Waals surface area contributed by atoms with E-state index in [1.807, 2.05) is 0 Å². The Morgan fingerprint density at radius 1 is 0.404 bits per heavy atom. The van der Waals surface area contributed by atoms with Crippen LogP contribution in [0.4, 0.5) is 0 Å². The van der Waals surface area contributed by atoms with Crippen LogP contribution in [0.3, 0.4) is 0 Å². The molecule has 47 heavy (non-hydrogen) atoms. The third kappa shape index (κ3) is 4.16. The summed E-state index contributed by atoms with van der Waals surface area (Å²) in [5, 5.41) is 8.43. The van der Waals surface area contributed by atoms with Crippen LogP contribution in [0.15, 0.2) is 140 Å². The smallest absolute Gasteiger partial charge is 0.0664 e. The van der Waals surface area contributed by atoms with E-state index in [0.29, 0.717) is 11.8 Å². The lowest BCUT2D eigenvalue weighted by molar-refractivity contribution is 0.876. The largest absolute Gasteiger partial charge is 0.244 e. The van der Waals surface area contributed by atoms with E-state index >= 15 is 0 Å². The second-order valence-electron chi connectivity index (χ2n) is 14.0. The maximum atomic E-state index is 2.59. The molecule has 8 aromatic carbocycles. The lowest BCUT2D eigenvalue weighted by Crippen LogP contribution is -2.56. The normalized spacial score (nSPS) is 12.6. The van der Waals surface area contributed by atoms with Crippen molar-refractivity contribution < 1.29 is 0 Å². The number of rotatable bonds is 5. The van der Waals surface area contributed by atoms with Gasteiger partial charge in [-0.15, -0.1) is 0 Å². The monoisotopic (exact) mass is 600 g/mol. The average molecular weight is 601 g/mol. The molecule has 0 radical (unpaired) electrons. The van der Waals surface area contributed by atoms with Crippen molar-refractivity contribution in [3.05, 3.63) is 151 Å². The first-order valence-electron chi connectivity index (χ1n) is 17.1. The summed E-state index contributed by atoms with van der Waals surface area (Å²) in [6.45, 7) is 9.43. The first-order valence-corrected chi connectivity index (χ1v) is 17.1. The number of benzene rings is 8. The van der Waals surface area contributed by atoms with Gasteiger partial charge in [0.25, 0.3) is 0 Å². The van der Waals surface area contributed by atoms with E-state index in [0.717, 1.165) is 0 Å². The minimum atomic E-state index is 0.0574. The molecule has 0 nitrogen and oxygen atoms in total. The van der Waals surface area contributed by atoms with Crippen LogP contribution in [0.25, 0.3) is 65.7 Å². The quantitative estimate of drug-likeness (QED) is 0.136. The van der Waals surface area contributed by atoms with Gasteiger partial charge in [0, 0.05) is 0 Å². The Labute approximate surface area is 278 Å². The third-order valence-electron chi connectivity index (χ3n) is 10.7. The summed E-state index contributed by atoms with van der Waals surface area (Å²) in [6.07, 6.45) is 0. The van der Waals surface area contributed by atoms with Gasteiger partial charge in [0.2, 0.25) is 6.71 Å². The van der Waals surface area contributed by atoms with Crippen LogP contribution in [0, 0.1) is 0 Å². The van der Waals surface area contributed by atoms with Gasteiger partial charge < -0.3 is 0 Å². The maximum absolute atomic E-state index is 2.59. The first kappa shape index (κ1) is 28.1. The highest BCUT2D eigenvalue weighted by atomic mass is 14.3. The molecule has 0 saturated heterocycles. The summed E-state index contributed by atoms with van der Waals surface area (Å²) in [6, 6.07) is 52.7. The number of fused-ring (bicyclic) bond motifs is 2. The summed E-state index contributed by atoms with van der Waals surface area (Å²) in [5.41, 5.74) is 14.9. The zero-order valence-electron chi connectivity index (χ0n) is 27.5. The van der Waals surface area contributed by atoms with E-state index in [1.165, 1.54) is 93.2 Å². The summed E-state index contributed by atoms with van der Waals surface area (Å²) in [5.74, 6) is 0.832. The van der Waals surface area contributed by atoms with Crippen LogP contribution < -0.4 is 16.4 Å². The molecule has 1 aliphatic rings. The lowest BCUT2D eigenvalue weighted by atomic mass is 9.32. The molecule has 0 aliphatic carbocycles. The summed E-state index contributed by atoms with van der Waals surface area (Å²) in [7, 11) is 0. The summed E-state index contributed by atoms with van der Waals surface area (Å²) in [4.78, 5) is 0. The Morgan fingerprint density at radius 3 is 1.66 bits per heavy atom. The topological polar surface area (TPSA) is 0 Å². The van der Waals surface area contributed by atoms with Gasteiger partial charge in [-0.3, -0.25) is 0 Å². The predicted molar refractivity (Wildman–Crippen MR) is 206 cm³/mol. The van der Waals surface area contributed by atoms with Crippen molar-refractivity contribution >= 4 is 55.4 Å². The Hall–Kier alpha value is -5.14. The minimum absolute atomic E-state index is 0.0574. The van der Waals surface area contributed by atoms with E-state index in [-0.39, 0.29) is 6.71 Å². The van der Waals surface area contributed by atoms with E-state index in [9.17, 15) is 0 Å². The van der Waals surface area contributed by atoms with Crippen molar-refractivity contribution in [3.63, 3.8) is 0 Å². The van der Waals surface area contributed by atoms with Crippen molar-refractivity contribution in [2.24, 2.45) is 0 Å². The van der Waals surface area contributed by atoms with Gasteiger partial charge in [0.15, 0.2) is 0 Å². The van der Waals surface area contributed by atoms with Gasteiger partial charge in [-0.2, -0.15) is 0 Å².